The Morgan fingerprint density at radius 3 is 2.00 bits per heavy atom. The van der Waals surface area contributed by atoms with Crippen LogP contribution in [-0.4, -0.2) is 5.91 Å². The number of carbonyl (C=O) groups excluding carboxylic acids is 1. The molecule has 102 valence electrons. The Morgan fingerprint density at radius 1 is 1.00 bits per heavy atom. The molecule has 0 aromatic carbocycles. The fourth-order valence-electron chi connectivity index (χ4n) is 2.51. The van der Waals surface area contributed by atoms with Gasteiger partial charge in [-0.25, -0.2) is 0 Å². The first-order valence-electron chi connectivity index (χ1n) is 7.42. The summed E-state index contributed by atoms with van der Waals surface area (Å²) >= 11 is 0. The van der Waals surface area contributed by atoms with Crippen molar-refractivity contribution in [3.8, 4) is 0 Å². The van der Waals surface area contributed by atoms with Crippen molar-refractivity contribution in [3.63, 3.8) is 0 Å². The lowest BCUT2D eigenvalue weighted by Gasteiger charge is -2.19. The lowest BCUT2D eigenvalue weighted by Crippen LogP contribution is -2.28. The molecule has 0 aliphatic heterocycles. The molecule has 0 bridgehead atoms. The van der Waals surface area contributed by atoms with E-state index in [0.717, 1.165) is 12.8 Å². The fourth-order valence-corrected chi connectivity index (χ4v) is 2.51. The van der Waals surface area contributed by atoms with Gasteiger partial charge in [-0.3, -0.25) is 4.79 Å². The maximum atomic E-state index is 11.2. The second kappa shape index (κ2) is 10.6. The monoisotopic (exact) mass is 241 g/mol. The van der Waals surface area contributed by atoms with Crippen molar-refractivity contribution in [2.45, 2.75) is 78.6 Å². The molecule has 2 atom stereocenters. The Labute approximate surface area is 107 Å². The second-order valence-electron chi connectivity index (χ2n) is 5.30. The molecule has 0 heterocycles. The molecular formula is C15H31NO. The predicted octanol–water partition coefficient (Wildman–Crippen LogP) is 4.27. The summed E-state index contributed by atoms with van der Waals surface area (Å²) in [5.41, 5.74) is 5.39. The quantitative estimate of drug-likeness (QED) is 0.539. The van der Waals surface area contributed by atoms with Crippen LogP contribution in [0.3, 0.4) is 0 Å². The molecule has 0 aliphatic carbocycles. The zero-order valence-corrected chi connectivity index (χ0v) is 12.0. The fraction of sp³-hybridized carbons (Fsp3) is 0.933. The minimum Gasteiger partial charge on any atom is -0.369 e. The molecule has 0 radical (unpaired) electrons. The normalized spacial score (nSPS) is 14.5. The number of nitrogens with two attached hydrogens (primary N) is 1. The van der Waals surface area contributed by atoms with Gasteiger partial charge < -0.3 is 5.73 Å². The van der Waals surface area contributed by atoms with E-state index in [0.29, 0.717) is 5.92 Å². The van der Waals surface area contributed by atoms with Crippen LogP contribution in [0.25, 0.3) is 0 Å². The van der Waals surface area contributed by atoms with Crippen LogP contribution in [0.5, 0.6) is 0 Å². The first kappa shape index (κ1) is 16.5. The SMILES string of the molecule is CCCCCCCCCC(C)C(CC)C(N)=O. The number of primary amides is 1. The minimum absolute atomic E-state index is 0.0788. The second-order valence-corrected chi connectivity index (χ2v) is 5.30. The van der Waals surface area contributed by atoms with Gasteiger partial charge in [-0.2, -0.15) is 0 Å². The van der Waals surface area contributed by atoms with Gasteiger partial charge in [0.15, 0.2) is 0 Å². The van der Waals surface area contributed by atoms with Gasteiger partial charge in [-0.15, -0.1) is 0 Å². The maximum absolute atomic E-state index is 11.2. The van der Waals surface area contributed by atoms with Gasteiger partial charge in [0, 0.05) is 5.92 Å². The first-order valence-corrected chi connectivity index (χ1v) is 7.42. The van der Waals surface area contributed by atoms with Gasteiger partial charge in [0.1, 0.15) is 0 Å². The van der Waals surface area contributed by atoms with E-state index in [9.17, 15) is 4.79 Å². The number of rotatable bonds is 11. The standard InChI is InChI=1S/C15H31NO/c1-4-6-7-8-9-10-11-12-13(3)14(5-2)15(16)17/h13-14H,4-12H2,1-3H3,(H2,16,17). The minimum atomic E-state index is -0.122. The molecule has 0 aliphatic rings. The molecule has 2 N–H and O–H groups in total. The van der Waals surface area contributed by atoms with Crippen LogP contribution >= 0.6 is 0 Å². The van der Waals surface area contributed by atoms with Gasteiger partial charge in [0.2, 0.25) is 5.91 Å². The topological polar surface area (TPSA) is 43.1 Å². The number of hydrogen-bond donors (Lipinski definition) is 1. The lowest BCUT2D eigenvalue weighted by atomic mass is 9.87. The first-order chi connectivity index (χ1) is 8.13. The van der Waals surface area contributed by atoms with E-state index in [2.05, 4.69) is 20.8 Å². The molecule has 2 heteroatoms. The van der Waals surface area contributed by atoms with Crippen molar-refractivity contribution < 1.29 is 4.79 Å². The molecule has 0 fully saturated rings. The molecule has 0 aromatic rings. The summed E-state index contributed by atoms with van der Waals surface area (Å²) in [7, 11) is 0. The smallest absolute Gasteiger partial charge is 0.220 e. The average molecular weight is 241 g/mol. The van der Waals surface area contributed by atoms with Crippen molar-refractivity contribution in [2.75, 3.05) is 0 Å². The summed E-state index contributed by atoms with van der Waals surface area (Å²) in [5, 5.41) is 0. The molecule has 0 saturated carbocycles. The van der Waals surface area contributed by atoms with Crippen molar-refractivity contribution >= 4 is 5.91 Å². The lowest BCUT2D eigenvalue weighted by molar-refractivity contribution is -0.123. The number of unbranched alkanes of at least 4 members (excludes halogenated alkanes) is 6. The van der Waals surface area contributed by atoms with Crippen molar-refractivity contribution in [3.05, 3.63) is 0 Å². The van der Waals surface area contributed by atoms with Crippen LogP contribution in [-0.2, 0) is 4.79 Å². The molecule has 0 saturated heterocycles. The van der Waals surface area contributed by atoms with Gasteiger partial charge in [0.25, 0.3) is 0 Å². The molecule has 1 amide bonds. The van der Waals surface area contributed by atoms with Crippen molar-refractivity contribution in [1.82, 2.24) is 0 Å². The third kappa shape index (κ3) is 8.23. The average Bonchev–Trinajstić information content (AvgIpc) is 2.28. The van der Waals surface area contributed by atoms with E-state index >= 15 is 0 Å². The highest BCUT2D eigenvalue weighted by molar-refractivity contribution is 5.76. The van der Waals surface area contributed by atoms with E-state index in [1.807, 2.05) is 0 Å². The molecule has 0 rings (SSSR count). The number of hydrogen-bond acceptors (Lipinski definition) is 1. The summed E-state index contributed by atoms with van der Waals surface area (Å²) in [6.45, 7) is 6.46. The van der Waals surface area contributed by atoms with E-state index < -0.39 is 0 Å². The van der Waals surface area contributed by atoms with Crippen LogP contribution in [0.2, 0.25) is 0 Å². The summed E-state index contributed by atoms with van der Waals surface area (Å²) in [6, 6.07) is 0. The molecule has 0 aromatic heterocycles. The van der Waals surface area contributed by atoms with E-state index in [1.165, 1.54) is 44.9 Å². The van der Waals surface area contributed by atoms with Crippen molar-refractivity contribution in [1.29, 1.82) is 0 Å². The zero-order chi connectivity index (χ0) is 13.1. The van der Waals surface area contributed by atoms with Gasteiger partial charge >= 0.3 is 0 Å². The van der Waals surface area contributed by atoms with E-state index in [-0.39, 0.29) is 11.8 Å². The Hall–Kier alpha value is -0.530. The van der Waals surface area contributed by atoms with Gasteiger partial charge in [0.05, 0.1) is 0 Å². The Kier molecular flexibility index (Phi) is 10.3. The molecule has 2 nitrogen and oxygen atoms in total. The third-order valence-corrected chi connectivity index (χ3v) is 3.76. The Morgan fingerprint density at radius 2 is 1.53 bits per heavy atom. The van der Waals surface area contributed by atoms with Crippen LogP contribution in [0.4, 0.5) is 0 Å². The highest BCUT2D eigenvalue weighted by Gasteiger charge is 2.19. The largest absolute Gasteiger partial charge is 0.369 e. The Balaban J connectivity index is 3.50. The zero-order valence-electron chi connectivity index (χ0n) is 12.0. The molecule has 2 unspecified atom stereocenters. The Bertz CT molecular complexity index is 191. The highest BCUT2D eigenvalue weighted by atomic mass is 16.1. The van der Waals surface area contributed by atoms with Crippen LogP contribution in [0, 0.1) is 11.8 Å². The third-order valence-electron chi connectivity index (χ3n) is 3.76. The van der Waals surface area contributed by atoms with Gasteiger partial charge in [-0.05, 0) is 18.8 Å². The maximum Gasteiger partial charge on any atom is 0.220 e. The van der Waals surface area contributed by atoms with Crippen molar-refractivity contribution in [2.24, 2.45) is 17.6 Å². The van der Waals surface area contributed by atoms with Crippen LogP contribution in [0.1, 0.15) is 78.6 Å². The van der Waals surface area contributed by atoms with E-state index in [1.54, 1.807) is 0 Å². The van der Waals surface area contributed by atoms with Crippen LogP contribution in [0.15, 0.2) is 0 Å². The van der Waals surface area contributed by atoms with E-state index in [4.69, 9.17) is 5.73 Å². The summed E-state index contributed by atoms with van der Waals surface area (Å²) in [4.78, 5) is 11.2. The predicted molar refractivity (Wildman–Crippen MR) is 74.7 cm³/mol. The highest BCUT2D eigenvalue weighted by Crippen LogP contribution is 2.21. The molecule has 17 heavy (non-hydrogen) atoms. The number of amides is 1. The van der Waals surface area contributed by atoms with Gasteiger partial charge in [-0.1, -0.05) is 65.7 Å². The summed E-state index contributed by atoms with van der Waals surface area (Å²) < 4.78 is 0. The summed E-state index contributed by atoms with van der Waals surface area (Å²) in [6.07, 6.45) is 11.4. The summed E-state index contributed by atoms with van der Waals surface area (Å²) in [5.74, 6) is 0.408. The van der Waals surface area contributed by atoms with Crippen LogP contribution < -0.4 is 5.73 Å². The molecular weight excluding hydrogens is 210 g/mol. The number of carbonyl (C=O) groups is 1. The molecule has 0 spiro atoms.